The summed E-state index contributed by atoms with van der Waals surface area (Å²) in [6, 6.07) is 13.0. The molecular formula is C24H26ClNO5. The molecule has 164 valence electrons. The first-order chi connectivity index (χ1) is 15.0. The number of amides is 1. The van der Waals surface area contributed by atoms with Crippen LogP contribution in [0.15, 0.2) is 54.1 Å². The van der Waals surface area contributed by atoms with Gasteiger partial charge in [0.2, 0.25) is 0 Å². The summed E-state index contributed by atoms with van der Waals surface area (Å²) in [6.45, 7) is 3.19. The molecule has 0 saturated carbocycles. The van der Waals surface area contributed by atoms with Gasteiger partial charge in [-0.2, -0.15) is 0 Å². The zero-order valence-corrected chi connectivity index (χ0v) is 18.4. The van der Waals surface area contributed by atoms with Crippen LogP contribution in [0.3, 0.4) is 0 Å². The lowest BCUT2D eigenvalue weighted by atomic mass is 9.95. The van der Waals surface area contributed by atoms with Gasteiger partial charge >= 0.3 is 0 Å². The molecule has 1 fully saturated rings. The summed E-state index contributed by atoms with van der Waals surface area (Å²) >= 11 is 6.05. The predicted octanol–water partition coefficient (Wildman–Crippen LogP) is 4.59. The summed E-state index contributed by atoms with van der Waals surface area (Å²) in [5, 5.41) is 11.4. The first-order valence-electron chi connectivity index (χ1n) is 10.2. The standard InChI is InChI=1S/C24H26ClNO5/c1-3-4-13-31-19-10-8-16(9-11-19)21-20(22(27)17-6-5-7-18(25)15-17)23(28)24(29)26(21)12-14-30-2/h5-11,15,21,27H,3-4,12-14H2,1-2H3/b22-20-. The van der Waals surface area contributed by atoms with E-state index in [0.29, 0.717) is 28.5 Å². The first kappa shape index (κ1) is 22.8. The lowest BCUT2D eigenvalue weighted by Crippen LogP contribution is -2.32. The number of ketones is 1. The number of carbonyl (C=O) groups is 2. The minimum atomic E-state index is -0.737. The number of hydrogen-bond acceptors (Lipinski definition) is 5. The highest BCUT2D eigenvalue weighted by molar-refractivity contribution is 6.46. The van der Waals surface area contributed by atoms with Crippen LogP contribution in [-0.2, 0) is 14.3 Å². The van der Waals surface area contributed by atoms with Crippen LogP contribution in [0.5, 0.6) is 5.75 Å². The van der Waals surface area contributed by atoms with Crippen LogP contribution in [0, 0.1) is 0 Å². The molecule has 2 aromatic rings. The Morgan fingerprint density at radius 1 is 1.13 bits per heavy atom. The van der Waals surface area contributed by atoms with Crippen molar-refractivity contribution in [2.45, 2.75) is 25.8 Å². The number of benzene rings is 2. The third-order valence-corrected chi connectivity index (χ3v) is 5.37. The van der Waals surface area contributed by atoms with Crippen molar-refractivity contribution in [3.05, 3.63) is 70.3 Å². The fraction of sp³-hybridized carbons (Fsp3) is 0.333. The molecule has 1 N–H and O–H groups in total. The Morgan fingerprint density at radius 3 is 2.52 bits per heavy atom. The zero-order valence-electron chi connectivity index (χ0n) is 17.6. The average molecular weight is 444 g/mol. The van der Waals surface area contributed by atoms with Crippen molar-refractivity contribution in [1.82, 2.24) is 4.90 Å². The highest BCUT2D eigenvalue weighted by Crippen LogP contribution is 2.39. The minimum Gasteiger partial charge on any atom is -0.507 e. The van der Waals surface area contributed by atoms with Crippen LogP contribution in [0.2, 0.25) is 5.02 Å². The van der Waals surface area contributed by atoms with Crippen LogP contribution in [0.25, 0.3) is 5.76 Å². The molecule has 1 aliphatic heterocycles. The molecule has 1 heterocycles. The van der Waals surface area contributed by atoms with Crippen molar-refractivity contribution >= 4 is 29.1 Å². The lowest BCUT2D eigenvalue weighted by molar-refractivity contribution is -0.140. The second-order valence-corrected chi connectivity index (χ2v) is 7.70. The number of halogens is 1. The van der Waals surface area contributed by atoms with E-state index in [-0.39, 0.29) is 24.5 Å². The number of hydrogen-bond donors (Lipinski definition) is 1. The number of Topliss-reactive ketones (excluding diaryl/α,β-unsaturated/α-hetero) is 1. The molecule has 2 aromatic carbocycles. The van der Waals surface area contributed by atoms with Crippen molar-refractivity contribution in [3.8, 4) is 5.75 Å². The highest BCUT2D eigenvalue weighted by Gasteiger charge is 2.45. The van der Waals surface area contributed by atoms with Crippen LogP contribution in [-0.4, -0.2) is 48.6 Å². The molecule has 3 rings (SSSR count). The molecule has 6 nitrogen and oxygen atoms in total. The number of aliphatic hydroxyl groups is 1. The Morgan fingerprint density at radius 2 is 1.87 bits per heavy atom. The molecule has 0 radical (unpaired) electrons. The summed E-state index contributed by atoms with van der Waals surface area (Å²) in [5.74, 6) is -0.953. The van der Waals surface area contributed by atoms with E-state index in [9.17, 15) is 14.7 Å². The molecule has 1 aliphatic rings. The Labute approximate surface area is 187 Å². The van der Waals surface area contributed by atoms with Gasteiger partial charge in [0.25, 0.3) is 11.7 Å². The van der Waals surface area contributed by atoms with Crippen molar-refractivity contribution in [2.24, 2.45) is 0 Å². The fourth-order valence-electron chi connectivity index (χ4n) is 3.52. The highest BCUT2D eigenvalue weighted by atomic mass is 35.5. The van der Waals surface area contributed by atoms with Crippen LogP contribution < -0.4 is 4.74 Å². The van der Waals surface area contributed by atoms with Crippen LogP contribution in [0.4, 0.5) is 0 Å². The molecule has 31 heavy (non-hydrogen) atoms. The third-order valence-electron chi connectivity index (χ3n) is 5.14. The van der Waals surface area contributed by atoms with E-state index in [2.05, 4.69) is 6.92 Å². The SMILES string of the molecule is CCCCOc1ccc(C2/C(=C(/O)c3cccc(Cl)c3)C(=O)C(=O)N2CCOC)cc1. The summed E-state index contributed by atoms with van der Waals surface area (Å²) in [5.41, 5.74) is 1.10. The Balaban J connectivity index is 2.03. The van der Waals surface area contributed by atoms with Gasteiger partial charge < -0.3 is 19.5 Å². The van der Waals surface area contributed by atoms with Crippen LogP contribution in [0.1, 0.15) is 36.9 Å². The molecule has 1 unspecified atom stereocenters. The molecule has 1 saturated heterocycles. The quantitative estimate of drug-likeness (QED) is 0.265. The van der Waals surface area contributed by atoms with Gasteiger partial charge in [0.05, 0.1) is 24.8 Å². The van der Waals surface area contributed by atoms with Crippen molar-refractivity contribution < 1.29 is 24.2 Å². The number of ether oxygens (including phenoxy) is 2. The van der Waals surface area contributed by atoms with Crippen molar-refractivity contribution in [1.29, 1.82) is 0 Å². The number of carbonyl (C=O) groups excluding carboxylic acids is 2. The zero-order chi connectivity index (χ0) is 22.4. The minimum absolute atomic E-state index is 0.0306. The van der Waals surface area contributed by atoms with Gasteiger partial charge in [0.15, 0.2) is 0 Å². The normalized spacial score (nSPS) is 17.9. The van der Waals surface area contributed by atoms with Gasteiger partial charge in [0, 0.05) is 24.2 Å². The predicted molar refractivity (Wildman–Crippen MR) is 119 cm³/mol. The van der Waals surface area contributed by atoms with E-state index < -0.39 is 17.7 Å². The summed E-state index contributed by atoms with van der Waals surface area (Å²) in [7, 11) is 1.53. The Hall–Kier alpha value is -2.83. The molecule has 0 aliphatic carbocycles. The van der Waals surface area contributed by atoms with Gasteiger partial charge in [0.1, 0.15) is 11.5 Å². The topological polar surface area (TPSA) is 76.1 Å². The molecule has 0 aromatic heterocycles. The van der Waals surface area contributed by atoms with E-state index >= 15 is 0 Å². The Bertz CT molecular complexity index is 970. The van der Waals surface area contributed by atoms with E-state index in [0.717, 1.165) is 12.8 Å². The van der Waals surface area contributed by atoms with E-state index in [1.54, 1.807) is 36.4 Å². The second kappa shape index (κ2) is 10.5. The summed E-state index contributed by atoms with van der Waals surface area (Å²) in [4.78, 5) is 27.1. The Kier molecular flexibility index (Phi) is 7.71. The molecular weight excluding hydrogens is 418 g/mol. The van der Waals surface area contributed by atoms with Gasteiger partial charge in [-0.1, -0.05) is 49.2 Å². The molecule has 0 spiro atoms. The van der Waals surface area contributed by atoms with E-state index in [1.165, 1.54) is 12.0 Å². The summed E-state index contributed by atoms with van der Waals surface area (Å²) < 4.78 is 10.8. The largest absolute Gasteiger partial charge is 0.507 e. The molecule has 1 amide bonds. The summed E-state index contributed by atoms with van der Waals surface area (Å²) in [6.07, 6.45) is 1.99. The monoisotopic (exact) mass is 443 g/mol. The maximum Gasteiger partial charge on any atom is 0.295 e. The van der Waals surface area contributed by atoms with Gasteiger partial charge in [-0.3, -0.25) is 9.59 Å². The van der Waals surface area contributed by atoms with Crippen LogP contribution >= 0.6 is 11.6 Å². The third kappa shape index (κ3) is 5.09. The molecule has 1 atom stereocenters. The molecule has 7 heteroatoms. The maximum atomic E-state index is 12.9. The van der Waals surface area contributed by atoms with E-state index in [4.69, 9.17) is 21.1 Å². The van der Waals surface area contributed by atoms with Gasteiger partial charge in [-0.05, 0) is 36.2 Å². The number of nitrogens with zero attached hydrogens (tertiary/aromatic N) is 1. The second-order valence-electron chi connectivity index (χ2n) is 7.27. The maximum absolute atomic E-state index is 12.9. The smallest absolute Gasteiger partial charge is 0.295 e. The van der Waals surface area contributed by atoms with Gasteiger partial charge in [-0.25, -0.2) is 0 Å². The first-order valence-corrected chi connectivity index (χ1v) is 10.6. The average Bonchev–Trinajstić information content (AvgIpc) is 3.02. The van der Waals surface area contributed by atoms with Crippen molar-refractivity contribution in [3.63, 3.8) is 0 Å². The lowest BCUT2D eigenvalue weighted by Gasteiger charge is -2.25. The van der Waals surface area contributed by atoms with Gasteiger partial charge in [-0.15, -0.1) is 0 Å². The van der Waals surface area contributed by atoms with Crippen molar-refractivity contribution in [2.75, 3.05) is 26.9 Å². The van der Waals surface area contributed by atoms with E-state index in [1.807, 2.05) is 12.1 Å². The molecule has 0 bridgehead atoms. The fourth-order valence-corrected chi connectivity index (χ4v) is 3.71. The number of unbranched alkanes of at least 4 members (excludes halogenated alkanes) is 1. The number of rotatable bonds is 9. The number of methoxy groups -OCH3 is 1. The number of aliphatic hydroxyl groups excluding tert-OH is 1. The number of likely N-dealkylation sites (tertiary alicyclic amines) is 1.